The monoisotopic (exact) mass is 339 g/mol. The van der Waals surface area contributed by atoms with E-state index in [0.717, 1.165) is 25.1 Å². The second-order valence-corrected chi connectivity index (χ2v) is 5.82. The van der Waals surface area contributed by atoms with Gasteiger partial charge in [0.2, 0.25) is 5.91 Å². The van der Waals surface area contributed by atoms with Gasteiger partial charge in [0.1, 0.15) is 0 Å². The maximum atomic E-state index is 12.5. The topological polar surface area (TPSA) is 61.4 Å². The molecule has 1 unspecified atom stereocenters. The highest BCUT2D eigenvalue weighted by atomic mass is 35.5. The molecule has 128 valence electrons. The molecule has 0 saturated carbocycles. The molecule has 1 aromatic carbocycles. The lowest BCUT2D eigenvalue weighted by atomic mass is 10.0. The molecule has 23 heavy (non-hydrogen) atoms. The number of benzene rings is 1. The summed E-state index contributed by atoms with van der Waals surface area (Å²) in [5.74, 6) is 0.0540. The van der Waals surface area contributed by atoms with Crippen LogP contribution in [0.3, 0.4) is 0 Å². The Morgan fingerprint density at radius 2 is 1.91 bits per heavy atom. The number of nitrogens with one attached hydrogen (secondary N) is 2. The number of nitrogens with zero attached hydrogens (tertiary/aromatic N) is 1. The van der Waals surface area contributed by atoms with Crippen molar-refractivity contribution in [1.29, 1.82) is 0 Å². The molecule has 1 atom stereocenters. The highest BCUT2D eigenvalue weighted by Gasteiger charge is 2.23. The van der Waals surface area contributed by atoms with Crippen LogP contribution >= 0.6 is 12.4 Å². The van der Waals surface area contributed by atoms with Crippen LogP contribution in [0.4, 0.5) is 5.69 Å². The maximum absolute atomic E-state index is 12.5. The Bertz CT molecular complexity index is 519. The first-order valence-electron chi connectivity index (χ1n) is 7.97. The lowest BCUT2D eigenvalue weighted by molar-refractivity contribution is -0.116. The molecule has 0 aromatic heterocycles. The molecular formula is C17H26ClN3O2. The molecule has 0 spiro atoms. The van der Waals surface area contributed by atoms with Gasteiger partial charge in [-0.15, -0.1) is 12.4 Å². The Kier molecular flexibility index (Phi) is 8.06. The van der Waals surface area contributed by atoms with Crippen LogP contribution in [-0.4, -0.2) is 42.9 Å². The Labute approximate surface area is 144 Å². The lowest BCUT2D eigenvalue weighted by Gasteiger charge is -2.33. The second-order valence-electron chi connectivity index (χ2n) is 5.82. The van der Waals surface area contributed by atoms with Crippen molar-refractivity contribution < 1.29 is 9.59 Å². The molecule has 0 bridgehead atoms. The van der Waals surface area contributed by atoms with Crippen molar-refractivity contribution in [1.82, 2.24) is 10.2 Å². The minimum absolute atomic E-state index is 0. The molecule has 0 aliphatic carbocycles. The number of halogens is 1. The van der Waals surface area contributed by atoms with E-state index in [1.807, 2.05) is 11.9 Å². The second kappa shape index (κ2) is 9.53. The average molecular weight is 340 g/mol. The zero-order chi connectivity index (χ0) is 15.9. The van der Waals surface area contributed by atoms with Crippen LogP contribution in [0.15, 0.2) is 24.3 Å². The minimum atomic E-state index is -0.0296. The number of likely N-dealkylation sites (tertiary alicyclic amines) is 1. The van der Waals surface area contributed by atoms with Gasteiger partial charge in [0.15, 0.2) is 0 Å². The van der Waals surface area contributed by atoms with E-state index in [-0.39, 0.29) is 24.2 Å². The predicted octanol–water partition coefficient (Wildman–Crippen LogP) is 2.67. The SMILES string of the molecule is CNCCC(=O)Nc1ccc(C(=O)N2CCCCC2C)cc1.Cl. The van der Waals surface area contributed by atoms with Crippen LogP contribution in [0, 0.1) is 0 Å². The van der Waals surface area contributed by atoms with Gasteiger partial charge < -0.3 is 15.5 Å². The van der Waals surface area contributed by atoms with Crippen LogP contribution in [0.2, 0.25) is 0 Å². The quantitative estimate of drug-likeness (QED) is 0.867. The van der Waals surface area contributed by atoms with E-state index in [2.05, 4.69) is 17.6 Å². The molecule has 1 aromatic rings. The van der Waals surface area contributed by atoms with Crippen molar-refractivity contribution in [2.24, 2.45) is 0 Å². The number of hydrogen-bond acceptors (Lipinski definition) is 3. The number of amides is 2. The van der Waals surface area contributed by atoms with Crippen molar-refractivity contribution >= 4 is 29.9 Å². The van der Waals surface area contributed by atoms with E-state index in [1.165, 1.54) is 6.42 Å². The molecule has 2 N–H and O–H groups in total. The highest BCUT2D eigenvalue weighted by Crippen LogP contribution is 2.20. The molecule has 6 heteroatoms. The summed E-state index contributed by atoms with van der Waals surface area (Å²) >= 11 is 0. The number of piperidine rings is 1. The van der Waals surface area contributed by atoms with Crippen LogP contribution in [0.5, 0.6) is 0 Å². The van der Waals surface area contributed by atoms with E-state index in [0.29, 0.717) is 24.6 Å². The third-order valence-corrected chi connectivity index (χ3v) is 4.08. The van der Waals surface area contributed by atoms with Crippen LogP contribution in [-0.2, 0) is 4.79 Å². The normalized spacial score (nSPS) is 17.3. The van der Waals surface area contributed by atoms with Crippen molar-refractivity contribution in [2.45, 2.75) is 38.6 Å². The molecule has 1 aliphatic rings. The summed E-state index contributed by atoms with van der Waals surface area (Å²) in [5, 5.41) is 5.77. The number of anilines is 1. The fourth-order valence-electron chi connectivity index (χ4n) is 2.72. The minimum Gasteiger partial charge on any atom is -0.336 e. The molecule has 0 radical (unpaired) electrons. The number of rotatable bonds is 5. The molecule has 2 amide bonds. The van der Waals surface area contributed by atoms with Crippen molar-refractivity contribution in [3.05, 3.63) is 29.8 Å². The molecule has 1 heterocycles. The average Bonchev–Trinajstić information content (AvgIpc) is 2.53. The predicted molar refractivity (Wildman–Crippen MR) is 95.2 cm³/mol. The molecule has 2 rings (SSSR count). The molecule has 5 nitrogen and oxygen atoms in total. The van der Waals surface area contributed by atoms with Crippen molar-refractivity contribution in [3.8, 4) is 0 Å². The van der Waals surface area contributed by atoms with Gasteiger partial charge in [-0.1, -0.05) is 0 Å². The number of carbonyl (C=O) groups excluding carboxylic acids is 2. The summed E-state index contributed by atoms with van der Waals surface area (Å²) < 4.78 is 0. The third kappa shape index (κ3) is 5.52. The van der Waals surface area contributed by atoms with E-state index in [1.54, 1.807) is 24.3 Å². The fraction of sp³-hybridized carbons (Fsp3) is 0.529. The van der Waals surface area contributed by atoms with Crippen LogP contribution in [0.25, 0.3) is 0 Å². The first kappa shape index (κ1) is 19.5. The van der Waals surface area contributed by atoms with Gasteiger partial charge in [-0.25, -0.2) is 0 Å². The number of hydrogen-bond donors (Lipinski definition) is 2. The lowest BCUT2D eigenvalue weighted by Crippen LogP contribution is -2.42. The summed E-state index contributed by atoms with van der Waals surface area (Å²) in [4.78, 5) is 26.1. The Morgan fingerprint density at radius 3 is 2.52 bits per heavy atom. The van der Waals surface area contributed by atoms with Gasteiger partial charge in [-0.3, -0.25) is 9.59 Å². The Morgan fingerprint density at radius 1 is 1.22 bits per heavy atom. The Hall–Kier alpha value is -1.59. The number of carbonyl (C=O) groups is 2. The van der Waals surface area contributed by atoms with Gasteiger partial charge in [-0.05, 0) is 57.5 Å². The van der Waals surface area contributed by atoms with E-state index in [9.17, 15) is 9.59 Å². The van der Waals surface area contributed by atoms with Crippen LogP contribution < -0.4 is 10.6 Å². The highest BCUT2D eigenvalue weighted by molar-refractivity contribution is 5.96. The first-order chi connectivity index (χ1) is 10.6. The van der Waals surface area contributed by atoms with Gasteiger partial charge in [0.25, 0.3) is 5.91 Å². The standard InChI is InChI=1S/C17H25N3O2.ClH/c1-13-5-3-4-12-20(13)17(22)14-6-8-15(9-7-14)19-16(21)10-11-18-2;/h6-9,13,18H,3-5,10-12H2,1-2H3,(H,19,21);1H. The molecule has 1 fully saturated rings. The summed E-state index contributed by atoms with van der Waals surface area (Å²) in [5.41, 5.74) is 1.41. The maximum Gasteiger partial charge on any atom is 0.254 e. The molecule has 1 aliphatic heterocycles. The van der Waals surface area contributed by atoms with Gasteiger partial charge in [-0.2, -0.15) is 0 Å². The summed E-state index contributed by atoms with van der Waals surface area (Å²) in [7, 11) is 1.81. The van der Waals surface area contributed by atoms with Gasteiger partial charge in [0.05, 0.1) is 0 Å². The Balaban J connectivity index is 0.00000264. The van der Waals surface area contributed by atoms with E-state index < -0.39 is 0 Å². The fourth-order valence-corrected chi connectivity index (χ4v) is 2.72. The molecular weight excluding hydrogens is 314 g/mol. The van der Waals surface area contributed by atoms with Gasteiger partial charge >= 0.3 is 0 Å². The first-order valence-corrected chi connectivity index (χ1v) is 7.97. The summed E-state index contributed by atoms with van der Waals surface area (Å²) in [6.07, 6.45) is 3.78. The largest absolute Gasteiger partial charge is 0.336 e. The zero-order valence-electron chi connectivity index (χ0n) is 13.8. The summed E-state index contributed by atoms with van der Waals surface area (Å²) in [6, 6.07) is 7.47. The van der Waals surface area contributed by atoms with Crippen molar-refractivity contribution in [3.63, 3.8) is 0 Å². The van der Waals surface area contributed by atoms with E-state index in [4.69, 9.17) is 0 Å². The summed E-state index contributed by atoms with van der Waals surface area (Å²) in [6.45, 7) is 3.59. The van der Waals surface area contributed by atoms with Gasteiger partial charge in [0, 0.05) is 36.8 Å². The van der Waals surface area contributed by atoms with Crippen LogP contribution in [0.1, 0.15) is 43.0 Å². The zero-order valence-corrected chi connectivity index (χ0v) is 14.6. The molecule has 1 saturated heterocycles. The third-order valence-electron chi connectivity index (χ3n) is 4.08. The van der Waals surface area contributed by atoms with E-state index >= 15 is 0 Å². The van der Waals surface area contributed by atoms with Crippen molar-refractivity contribution in [2.75, 3.05) is 25.5 Å². The smallest absolute Gasteiger partial charge is 0.254 e.